The largest absolute Gasteiger partial charge is 0.350 e. The molecule has 21 heavy (non-hydrogen) atoms. The summed E-state index contributed by atoms with van der Waals surface area (Å²) in [5, 5.41) is 5.70. The Morgan fingerprint density at radius 3 is 3.14 bits per heavy atom. The summed E-state index contributed by atoms with van der Waals surface area (Å²) in [5.74, 6) is 0.483. The van der Waals surface area contributed by atoms with E-state index in [0.29, 0.717) is 18.9 Å². The number of amides is 1. The molecule has 2 aromatic heterocycles. The third kappa shape index (κ3) is 3.72. The molecule has 0 aliphatic heterocycles. The molecule has 108 valence electrons. The molecule has 0 fully saturated rings. The number of hydrogen-bond acceptors (Lipinski definition) is 5. The zero-order chi connectivity index (χ0) is 14.5. The fraction of sp³-hybridized carbons (Fsp3) is 0.333. The third-order valence-corrected chi connectivity index (χ3v) is 4.27. The molecule has 3 rings (SSSR count). The number of rotatable bonds is 5. The maximum atomic E-state index is 11.9. The molecule has 0 aromatic carbocycles. The molecule has 1 N–H and O–H groups in total. The lowest BCUT2D eigenvalue weighted by Gasteiger charge is -2.07. The Morgan fingerprint density at radius 1 is 1.43 bits per heavy atom. The molecule has 1 aliphatic rings. The molecular weight excluding hydrogens is 284 g/mol. The molecule has 0 saturated carbocycles. The summed E-state index contributed by atoms with van der Waals surface area (Å²) in [4.78, 5) is 24.6. The number of hydrogen-bond donors (Lipinski definition) is 1. The van der Waals surface area contributed by atoms with Gasteiger partial charge in [0, 0.05) is 24.2 Å². The Hall–Kier alpha value is -2.08. The van der Waals surface area contributed by atoms with Crippen molar-refractivity contribution in [1.82, 2.24) is 20.3 Å². The van der Waals surface area contributed by atoms with Gasteiger partial charge in [0.05, 0.1) is 18.4 Å². The highest BCUT2D eigenvalue weighted by atomic mass is 32.1. The van der Waals surface area contributed by atoms with E-state index in [1.807, 2.05) is 5.38 Å². The van der Waals surface area contributed by atoms with Gasteiger partial charge in [0.2, 0.25) is 5.91 Å². The van der Waals surface area contributed by atoms with Gasteiger partial charge in [-0.2, -0.15) is 0 Å². The van der Waals surface area contributed by atoms with Crippen LogP contribution in [0.15, 0.2) is 36.1 Å². The maximum Gasteiger partial charge on any atom is 0.220 e. The van der Waals surface area contributed by atoms with Crippen LogP contribution in [0.5, 0.6) is 0 Å². The average Bonchev–Trinajstić information content (AvgIpc) is 3.17. The van der Waals surface area contributed by atoms with E-state index in [9.17, 15) is 4.79 Å². The van der Waals surface area contributed by atoms with E-state index in [0.717, 1.165) is 29.2 Å². The first-order valence-electron chi connectivity index (χ1n) is 6.95. The first-order valence-corrected chi connectivity index (χ1v) is 7.83. The van der Waals surface area contributed by atoms with Gasteiger partial charge in [-0.25, -0.2) is 4.98 Å². The number of aromatic nitrogens is 3. The van der Waals surface area contributed by atoms with E-state index >= 15 is 0 Å². The average molecular weight is 300 g/mol. The molecule has 0 bridgehead atoms. The van der Waals surface area contributed by atoms with Crippen LogP contribution in [0.3, 0.4) is 0 Å². The van der Waals surface area contributed by atoms with Crippen molar-refractivity contribution in [3.63, 3.8) is 0 Å². The Morgan fingerprint density at radius 2 is 2.38 bits per heavy atom. The molecule has 1 amide bonds. The predicted octanol–water partition coefficient (Wildman–Crippen LogP) is 2.57. The molecule has 2 aromatic rings. The van der Waals surface area contributed by atoms with Crippen LogP contribution < -0.4 is 5.32 Å². The zero-order valence-electron chi connectivity index (χ0n) is 11.5. The topological polar surface area (TPSA) is 67.8 Å². The third-order valence-electron chi connectivity index (χ3n) is 3.36. The van der Waals surface area contributed by atoms with Gasteiger partial charge in [0.15, 0.2) is 0 Å². The Kier molecular flexibility index (Phi) is 4.35. The normalized spacial score (nSPS) is 17.0. The minimum atomic E-state index is 0.0839. The standard InChI is InChI=1S/C15H16N4OS/c20-14(7-11-3-1-2-4-11)18-8-12-10-21-15(19-12)13-9-16-5-6-17-13/h1,3,5-6,9-11H,2,4,7-8H2,(H,18,20)/t11-/m1/s1. The second-order valence-corrected chi connectivity index (χ2v) is 5.84. The van der Waals surface area contributed by atoms with E-state index in [4.69, 9.17) is 0 Å². The lowest BCUT2D eigenvalue weighted by atomic mass is 10.1. The van der Waals surface area contributed by atoms with E-state index in [1.165, 1.54) is 11.3 Å². The van der Waals surface area contributed by atoms with E-state index < -0.39 is 0 Å². The minimum Gasteiger partial charge on any atom is -0.350 e. The minimum absolute atomic E-state index is 0.0839. The number of carbonyl (C=O) groups is 1. The predicted molar refractivity (Wildman–Crippen MR) is 81.5 cm³/mol. The molecule has 0 unspecified atom stereocenters. The SMILES string of the molecule is O=C(C[C@@H]1C=CCC1)NCc1csc(-c2cnccn2)n1. The molecule has 0 spiro atoms. The maximum absolute atomic E-state index is 11.9. The molecule has 6 heteroatoms. The number of carbonyl (C=O) groups excluding carboxylic acids is 1. The van der Waals surface area contributed by atoms with Crippen LogP contribution in [-0.4, -0.2) is 20.9 Å². The van der Waals surface area contributed by atoms with Gasteiger partial charge in [-0.1, -0.05) is 12.2 Å². The van der Waals surface area contributed by atoms with Crippen molar-refractivity contribution in [3.8, 4) is 10.7 Å². The summed E-state index contributed by atoms with van der Waals surface area (Å²) in [7, 11) is 0. The van der Waals surface area contributed by atoms with Crippen LogP contribution in [0, 0.1) is 5.92 Å². The number of nitrogens with zero attached hydrogens (tertiary/aromatic N) is 3. The fourth-order valence-electron chi connectivity index (χ4n) is 2.28. The first kappa shape index (κ1) is 13.9. The van der Waals surface area contributed by atoms with Crippen LogP contribution in [0.4, 0.5) is 0 Å². The van der Waals surface area contributed by atoms with Crippen molar-refractivity contribution in [2.24, 2.45) is 5.92 Å². The van der Waals surface area contributed by atoms with Crippen molar-refractivity contribution >= 4 is 17.2 Å². The number of nitrogens with one attached hydrogen (secondary N) is 1. The quantitative estimate of drug-likeness (QED) is 0.862. The van der Waals surface area contributed by atoms with Gasteiger partial charge in [-0.3, -0.25) is 14.8 Å². The highest BCUT2D eigenvalue weighted by Crippen LogP contribution is 2.21. The van der Waals surface area contributed by atoms with Crippen molar-refractivity contribution in [2.75, 3.05) is 0 Å². The summed E-state index contributed by atoms with van der Waals surface area (Å²) in [5.41, 5.74) is 1.62. The summed E-state index contributed by atoms with van der Waals surface area (Å²) < 4.78 is 0. The molecule has 0 radical (unpaired) electrons. The second-order valence-electron chi connectivity index (χ2n) is 4.98. The van der Waals surface area contributed by atoms with Gasteiger partial charge in [0.1, 0.15) is 10.7 Å². The lowest BCUT2D eigenvalue weighted by Crippen LogP contribution is -2.24. The Bertz CT molecular complexity index is 638. The molecule has 2 heterocycles. The van der Waals surface area contributed by atoms with Crippen molar-refractivity contribution in [1.29, 1.82) is 0 Å². The van der Waals surface area contributed by atoms with Crippen LogP contribution in [0.25, 0.3) is 10.7 Å². The van der Waals surface area contributed by atoms with Gasteiger partial charge in [-0.15, -0.1) is 11.3 Å². The van der Waals surface area contributed by atoms with Crippen molar-refractivity contribution in [3.05, 3.63) is 41.8 Å². The van der Waals surface area contributed by atoms with Crippen LogP contribution in [0.1, 0.15) is 25.0 Å². The van der Waals surface area contributed by atoms with Crippen LogP contribution in [-0.2, 0) is 11.3 Å². The fourth-order valence-corrected chi connectivity index (χ4v) is 3.06. The van der Waals surface area contributed by atoms with Gasteiger partial charge >= 0.3 is 0 Å². The first-order chi connectivity index (χ1) is 10.3. The summed E-state index contributed by atoms with van der Waals surface area (Å²) in [6, 6.07) is 0. The zero-order valence-corrected chi connectivity index (χ0v) is 12.3. The highest BCUT2D eigenvalue weighted by Gasteiger charge is 2.14. The molecule has 1 aliphatic carbocycles. The Balaban J connectivity index is 1.53. The van der Waals surface area contributed by atoms with E-state index in [-0.39, 0.29) is 5.91 Å². The number of thiazole rings is 1. The van der Waals surface area contributed by atoms with Gasteiger partial charge < -0.3 is 5.32 Å². The molecule has 5 nitrogen and oxygen atoms in total. The molecular formula is C15H16N4OS. The van der Waals surface area contributed by atoms with Gasteiger partial charge in [0.25, 0.3) is 0 Å². The smallest absolute Gasteiger partial charge is 0.220 e. The van der Waals surface area contributed by atoms with Crippen LogP contribution >= 0.6 is 11.3 Å². The summed E-state index contributed by atoms with van der Waals surface area (Å²) >= 11 is 1.51. The second kappa shape index (κ2) is 6.58. The van der Waals surface area contributed by atoms with Crippen molar-refractivity contribution in [2.45, 2.75) is 25.8 Å². The van der Waals surface area contributed by atoms with E-state index in [1.54, 1.807) is 18.6 Å². The van der Waals surface area contributed by atoms with Crippen molar-refractivity contribution < 1.29 is 4.79 Å². The summed E-state index contributed by atoms with van der Waals surface area (Å²) in [6.07, 6.45) is 12.0. The van der Waals surface area contributed by atoms with Crippen LogP contribution in [0.2, 0.25) is 0 Å². The summed E-state index contributed by atoms with van der Waals surface area (Å²) in [6.45, 7) is 0.464. The number of allylic oxidation sites excluding steroid dienone is 2. The molecule has 0 saturated heterocycles. The van der Waals surface area contributed by atoms with Gasteiger partial charge in [-0.05, 0) is 18.8 Å². The molecule has 1 atom stereocenters. The van der Waals surface area contributed by atoms with E-state index in [2.05, 4.69) is 32.4 Å². The lowest BCUT2D eigenvalue weighted by molar-refractivity contribution is -0.121. The monoisotopic (exact) mass is 300 g/mol. The highest BCUT2D eigenvalue weighted by molar-refractivity contribution is 7.13. The Labute approximate surface area is 127 Å².